The topological polar surface area (TPSA) is 51.2 Å². The molecule has 0 unspecified atom stereocenters. The molecule has 2 rings (SSSR count). The average molecular weight is 337 g/mol. The Labute approximate surface area is 139 Å². The predicted molar refractivity (Wildman–Crippen MR) is 87.3 cm³/mol. The molecule has 1 amide bonds. The van der Waals surface area contributed by atoms with Gasteiger partial charge in [-0.2, -0.15) is 0 Å². The van der Waals surface area contributed by atoms with Crippen molar-refractivity contribution >= 4 is 17.5 Å². The SMILES string of the molecule is Cc1cc(OC(C)C)c(C(=O)NCc2ccc(F)cc2)c(Cl)n1. The number of hydrogen-bond donors (Lipinski definition) is 1. The lowest BCUT2D eigenvalue weighted by Crippen LogP contribution is -2.25. The molecule has 0 aliphatic rings. The molecule has 1 heterocycles. The number of carbonyl (C=O) groups excluding carboxylic acids is 1. The molecular weight excluding hydrogens is 319 g/mol. The van der Waals surface area contributed by atoms with E-state index >= 15 is 0 Å². The van der Waals surface area contributed by atoms with Gasteiger partial charge in [-0.3, -0.25) is 4.79 Å². The number of halogens is 2. The molecule has 2 aromatic rings. The molecule has 0 aliphatic carbocycles. The van der Waals surface area contributed by atoms with Crippen molar-refractivity contribution < 1.29 is 13.9 Å². The van der Waals surface area contributed by atoms with Gasteiger partial charge in [-0.1, -0.05) is 23.7 Å². The number of pyridine rings is 1. The van der Waals surface area contributed by atoms with E-state index in [-0.39, 0.29) is 35.1 Å². The summed E-state index contributed by atoms with van der Waals surface area (Å²) in [6.07, 6.45) is -0.100. The molecule has 1 N–H and O–H groups in total. The van der Waals surface area contributed by atoms with E-state index in [1.54, 1.807) is 25.1 Å². The van der Waals surface area contributed by atoms with Gasteiger partial charge in [-0.05, 0) is 38.5 Å². The number of hydrogen-bond acceptors (Lipinski definition) is 3. The van der Waals surface area contributed by atoms with E-state index in [0.29, 0.717) is 11.4 Å². The zero-order valence-corrected chi connectivity index (χ0v) is 13.9. The number of nitrogens with zero attached hydrogens (tertiary/aromatic N) is 1. The van der Waals surface area contributed by atoms with Crippen LogP contribution in [0.4, 0.5) is 4.39 Å². The molecule has 23 heavy (non-hydrogen) atoms. The molecule has 1 aromatic carbocycles. The number of rotatable bonds is 5. The first-order valence-electron chi connectivity index (χ1n) is 7.23. The summed E-state index contributed by atoms with van der Waals surface area (Å²) in [5.74, 6) is -0.310. The lowest BCUT2D eigenvalue weighted by atomic mass is 10.2. The Hall–Kier alpha value is -2.14. The van der Waals surface area contributed by atoms with Crippen LogP contribution >= 0.6 is 11.6 Å². The summed E-state index contributed by atoms with van der Waals surface area (Å²) in [6, 6.07) is 7.58. The Morgan fingerprint density at radius 3 is 2.61 bits per heavy atom. The van der Waals surface area contributed by atoms with Crippen LogP contribution in [0.15, 0.2) is 30.3 Å². The summed E-state index contributed by atoms with van der Waals surface area (Å²) < 4.78 is 18.5. The second kappa shape index (κ2) is 7.42. The van der Waals surface area contributed by atoms with E-state index in [1.807, 2.05) is 13.8 Å². The summed E-state index contributed by atoms with van der Waals surface area (Å²) in [4.78, 5) is 16.5. The quantitative estimate of drug-likeness (QED) is 0.842. The minimum atomic E-state index is -0.387. The maximum absolute atomic E-state index is 12.9. The maximum Gasteiger partial charge on any atom is 0.258 e. The lowest BCUT2D eigenvalue weighted by Gasteiger charge is -2.15. The Morgan fingerprint density at radius 1 is 1.35 bits per heavy atom. The van der Waals surface area contributed by atoms with Gasteiger partial charge in [-0.25, -0.2) is 9.37 Å². The Balaban J connectivity index is 2.19. The molecule has 0 radical (unpaired) electrons. The average Bonchev–Trinajstić information content (AvgIpc) is 2.45. The third-order valence-corrected chi connectivity index (χ3v) is 3.30. The summed E-state index contributed by atoms with van der Waals surface area (Å²) in [5, 5.41) is 2.84. The van der Waals surface area contributed by atoms with E-state index in [0.717, 1.165) is 5.56 Å². The Morgan fingerprint density at radius 2 is 2.00 bits per heavy atom. The van der Waals surface area contributed by atoms with Gasteiger partial charge in [0, 0.05) is 18.3 Å². The second-order valence-corrected chi connectivity index (χ2v) is 5.76. The van der Waals surface area contributed by atoms with E-state index in [9.17, 15) is 9.18 Å². The highest BCUT2D eigenvalue weighted by Crippen LogP contribution is 2.27. The summed E-state index contributed by atoms with van der Waals surface area (Å²) in [5.41, 5.74) is 1.65. The van der Waals surface area contributed by atoms with Gasteiger partial charge in [0.05, 0.1) is 6.10 Å². The first-order valence-corrected chi connectivity index (χ1v) is 7.61. The van der Waals surface area contributed by atoms with Gasteiger partial charge in [0.1, 0.15) is 22.3 Å². The first kappa shape index (κ1) is 17.2. The fourth-order valence-electron chi connectivity index (χ4n) is 2.03. The van der Waals surface area contributed by atoms with Crippen molar-refractivity contribution in [3.05, 3.63) is 58.1 Å². The van der Waals surface area contributed by atoms with Crippen LogP contribution in [0.2, 0.25) is 5.15 Å². The number of nitrogens with one attached hydrogen (secondary N) is 1. The van der Waals surface area contributed by atoms with Crippen LogP contribution in [0.5, 0.6) is 5.75 Å². The third kappa shape index (κ3) is 4.66. The largest absolute Gasteiger partial charge is 0.490 e. The van der Waals surface area contributed by atoms with E-state index in [2.05, 4.69) is 10.3 Å². The van der Waals surface area contributed by atoms with Gasteiger partial charge in [0.25, 0.3) is 5.91 Å². The molecule has 1 aromatic heterocycles. The van der Waals surface area contributed by atoms with Crippen LogP contribution in [0, 0.1) is 12.7 Å². The number of carbonyl (C=O) groups is 1. The van der Waals surface area contributed by atoms with Gasteiger partial charge < -0.3 is 10.1 Å². The molecule has 0 spiro atoms. The van der Waals surface area contributed by atoms with Gasteiger partial charge >= 0.3 is 0 Å². The first-order chi connectivity index (χ1) is 10.9. The zero-order valence-electron chi connectivity index (χ0n) is 13.2. The van der Waals surface area contributed by atoms with Crippen LogP contribution in [-0.4, -0.2) is 17.0 Å². The molecule has 0 saturated carbocycles. The van der Waals surface area contributed by atoms with Crippen molar-refractivity contribution in [1.82, 2.24) is 10.3 Å². The lowest BCUT2D eigenvalue weighted by molar-refractivity contribution is 0.0944. The highest BCUT2D eigenvalue weighted by atomic mass is 35.5. The van der Waals surface area contributed by atoms with Crippen molar-refractivity contribution in [3.8, 4) is 5.75 Å². The number of amides is 1. The number of ether oxygens (including phenoxy) is 1. The molecule has 6 heteroatoms. The van der Waals surface area contributed by atoms with E-state index in [4.69, 9.17) is 16.3 Å². The molecule has 122 valence electrons. The van der Waals surface area contributed by atoms with Crippen LogP contribution in [-0.2, 0) is 6.54 Å². The summed E-state index contributed by atoms with van der Waals surface area (Å²) >= 11 is 6.11. The molecule has 0 aliphatic heterocycles. The van der Waals surface area contributed by atoms with Crippen molar-refractivity contribution in [2.24, 2.45) is 0 Å². The molecule has 0 atom stereocenters. The summed E-state index contributed by atoms with van der Waals surface area (Å²) in [6.45, 7) is 5.76. The van der Waals surface area contributed by atoms with E-state index in [1.165, 1.54) is 12.1 Å². The maximum atomic E-state index is 12.9. The standard InChI is InChI=1S/C17H18ClFN2O2/c1-10(2)23-14-8-11(3)21-16(18)15(14)17(22)20-9-12-4-6-13(19)7-5-12/h4-8,10H,9H2,1-3H3,(H,20,22). The number of benzene rings is 1. The van der Waals surface area contributed by atoms with Crippen molar-refractivity contribution in [2.75, 3.05) is 0 Å². The van der Waals surface area contributed by atoms with Crippen LogP contribution in [0.3, 0.4) is 0 Å². The second-order valence-electron chi connectivity index (χ2n) is 5.40. The van der Waals surface area contributed by atoms with Crippen LogP contribution in [0.25, 0.3) is 0 Å². The van der Waals surface area contributed by atoms with Crippen molar-refractivity contribution in [1.29, 1.82) is 0 Å². The number of aromatic nitrogens is 1. The monoisotopic (exact) mass is 336 g/mol. The fourth-order valence-corrected chi connectivity index (χ4v) is 2.34. The minimum absolute atomic E-state index is 0.0947. The van der Waals surface area contributed by atoms with Crippen molar-refractivity contribution in [2.45, 2.75) is 33.4 Å². The van der Waals surface area contributed by atoms with Crippen LogP contribution < -0.4 is 10.1 Å². The Bertz CT molecular complexity index is 702. The third-order valence-electron chi connectivity index (χ3n) is 3.02. The molecule has 0 bridgehead atoms. The molecular formula is C17H18ClFN2O2. The normalized spacial score (nSPS) is 10.7. The zero-order chi connectivity index (χ0) is 17.0. The summed E-state index contributed by atoms with van der Waals surface area (Å²) in [7, 11) is 0. The molecule has 4 nitrogen and oxygen atoms in total. The predicted octanol–water partition coefficient (Wildman–Crippen LogP) is 3.90. The van der Waals surface area contributed by atoms with Gasteiger partial charge in [-0.15, -0.1) is 0 Å². The Kier molecular flexibility index (Phi) is 5.55. The van der Waals surface area contributed by atoms with Crippen LogP contribution in [0.1, 0.15) is 35.5 Å². The smallest absolute Gasteiger partial charge is 0.258 e. The van der Waals surface area contributed by atoms with Gasteiger partial charge in [0.15, 0.2) is 0 Å². The van der Waals surface area contributed by atoms with E-state index < -0.39 is 0 Å². The fraction of sp³-hybridized carbons (Fsp3) is 0.294. The van der Waals surface area contributed by atoms with Gasteiger partial charge in [0.2, 0.25) is 0 Å². The molecule has 0 fully saturated rings. The highest BCUT2D eigenvalue weighted by Gasteiger charge is 2.19. The molecule has 0 saturated heterocycles. The highest BCUT2D eigenvalue weighted by molar-refractivity contribution is 6.33. The van der Waals surface area contributed by atoms with Crippen molar-refractivity contribution in [3.63, 3.8) is 0 Å². The minimum Gasteiger partial charge on any atom is -0.490 e. The number of aryl methyl sites for hydroxylation is 1.